The van der Waals surface area contributed by atoms with Crippen LogP contribution in [0.2, 0.25) is 0 Å². The molecule has 0 aromatic heterocycles. The molecule has 2 aromatic carbocycles. The molecule has 80 valence electrons. The fourth-order valence-electron chi connectivity index (χ4n) is 2.06. The summed E-state index contributed by atoms with van der Waals surface area (Å²) in [5.74, 6) is 0.540. The standard InChI is InChI=1S/C13H11NO2/c15-9-4-5-11-8(6-9)7-10-12(14-11)2-1-3-13(10)16/h1-6,14-16H,7H2. The van der Waals surface area contributed by atoms with Crippen LogP contribution in [0.25, 0.3) is 0 Å². The molecule has 0 aliphatic carbocycles. The van der Waals surface area contributed by atoms with Gasteiger partial charge < -0.3 is 15.5 Å². The van der Waals surface area contributed by atoms with Crippen molar-refractivity contribution in [3.8, 4) is 11.5 Å². The van der Waals surface area contributed by atoms with Gasteiger partial charge in [-0.2, -0.15) is 0 Å². The molecule has 0 bridgehead atoms. The highest BCUT2D eigenvalue weighted by Gasteiger charge is 2.17. The SMILES string of the molecule is Oc1ccc2c(c1)Cc1c(O)cccc1N2. The highest BCUT2D eigenvalue weighted by atomic mass is 16.3. The molecule has 16 heavy (non-hydrogen) atoms. The molecule has 3 heteroatoms. The fraction of sp³-hybridized carbons (Fsp3) is 0.0769. The molecule has 3 nitrogen and oxygen atoms in total. The molecule has 0 unspecified atom stereocenters. The molecule has 3 rings (SSSR count). The summed E-state index contributed by atoms with van der Waals surface area (Å²) in [5.41, 5.74) is 3.78. The van der Waals surface area contributed by atoms with Crippen LogP contribution in [0.5, 0.6) is 11.5 Å². The Morgan fingerprint density at radius 2 is 1.88 bits per heavy atom. The monoisotopic (exact) mass is 213 g/mol. The van der Waals surface area contributed by atoms with Gasteiger partial charge in [-0.05, 0) is 35.9 Å². The Labute approximate surface area is 93.0 Å². The van der Waals surface area contributed by atoms with Gasteiger partial charge in [0.1, 0.15) is 11.5 Å². The second-order valence-electron chi connectivity index (χ2n) is 3.95. The first kappa shape index (κ1) is 9.09. The van der Waals surface area contributed by atoms with Gasteiger partial charge in [0.05, 0.1) is 0 Å². The van der Waals surface area contributed by atoms with Gasteiger partial charge in [-0.25, -0.2) is 0 Å². The zero-order valence-corrected chi connectivity index (χ0v) is 8.57. The quantitative estimate of drug-likeness (QED) is 0.503. The summed E-state index contributed by atoms with van der Waals surface area (Å²) in [6, 6.07) is 10.6. The lowest BCUT2D eigenvalue weighted by atomic mass is 9.96. The van der Waals surface area contributed by atoms with Crippen LogP contribution >= 0.6 is 0 Å². The van der Waals surface area contributed by atoms with Crippen LogP contribution in [0.4, 0.5) is 11.4 Å². The molecule has 2 aromatic rings. The minimum absolute atomic E-state index is 0.249. The van der Waals surface area contributed by atoms with Gasteiger partial charge in [0.2, 0.25) is 0 Å². The van der Waals surface area contributed by atoms with Gasteiger partial charge in [-0.3, -0.25) is 0 Å². The molecule has 0 amide bonds. The number of phenolic OH excluding ortho intramolecular Hbond substituents is 2. The average Bonchev–Trinajstić information content (AvgIpc) is 2.28. The maximum Gasteiger partial charge on any atom is 0.121 e. The lowest BCUT2D eigenvalue weighted by Gasteiger charge is -2.22. The van der Waals surface area contributed by atoms with E-state index in [1.165, 1.54) is 0 Å². The smallest absolute Gasteiger partial charge is 0.121 e. The van der Waals surface area contributed by atoms with Crippen molar-refractivity contribution in [2.24, 2.45) is 0 Å². The second kappa shape index (κ2) is 3.17. The summed E-state index contributed by atoms with van der Waals surface area (Å²) in [5, 5.41) is 22.4. The van der Waals surface area contributed by atoms with E-state index in [1.807, 2.05) is 18.2 Å². The highest BCUT2D eigenvalue weighted by Crippen LogP contribution is 2.38. The summed E-state index contributed by atoms with van der Waals surface area (Å²) >= 11 is 0. The zero-order valence-electron chi connectivity index (χ0n) is 8.57. The third-order valence-electron chi connectivity index (χ3n) is 2.88. The molecule has 0 fully saturated rings. The topological polar surface area (TPSA) is 52.5 Å². The largest absolute Gasteiger partial charge is 0.508 e. The van der Waals surface area contributed by atoms with Gasteiger partial charge in [0.15, 0.2) is 0 Å². The van der Waals surface area contributed by atoms with Crippen molar-refractivity contribution in [2.45, 2.75) is 6.42 Å². The minimum atomic E-state index is 0.249. The number of benzene rings is 2. The molecule has 0 atom stereocenters. The molecule has 3 N–H and O–H groups in total. The number of rotatable bonds is 0. The van der Waals surface area contributed by atoms with Crippen molar-refractivity contribution in [1.29, 1.82) is 0 Å². The summed E-state index contributed by atoms with van der Waals surface area (Å²) in [6.45, 7) is 0. The van der Waals surface area contributed by atoms with Crippen LogP contribution in [-0.4, -0.2) is 10.2 Å². The number of phenols is 2. The first-order valence-electron chi connectivity index (χ1n) is 5.14. The Kier molecular flexibility index (Phi) is 1.80. The van der Waals surface area contributed by atoms with Crippen LogP contribution in [0.15, 0.2) is 36.4 Å². The van der Waals surface area contributed by atoms with Crippen molar-refractivity contribution in [1.82, 2.24) is 0 Å². The van der Waals surface area contributed by atoms with E-state index in [4.69, 9.17) is 0 Å². The van der Waals surface area contributed by atoms with Gasteiger partial charge in [-0.1, -0.05) is 6.07 Å². The van der Waals surface area contributed by atoms with Gasteiger partial charge in [-0.15, -0.1) is 0 Å². The lowest BCUT2D eigenvalue weighted by Crippen LogP contribution is -2.06. The summed E-state index contributed by atoms with van der Waals surface area (Å²) in [4.78, 5) is 0. The van der Waals surface area contributed by atoms with E-state index in [2.05, 4.69) is 5.32 Å². The molecule has 0 radical (unpaired) electrons. The van der Waals surface area contributed by atoms with Crippen LogP contribution in [0.1, 0.15) is 11.1 Å². The Morgan fingerprint density at radius 3 is 2.75 bits per heavy atom. The van der Waals surface area contributed by atoms with Crippen LogP contribution < -0.4 is 5.32 Å². The normalized spacial score (nSPS) is 12.5. The second-order valence-corrected chi connectivity index (χ2v) is 3.95. The van der Waals surface area contributed by atoms with Crippen molar-refractivity contribution in [3.63, 3.8) is 0 Å². The molecular formula is C13H11NO2. The van der Waals surface area contributed by atoms with Crippen molar-refractivity contribution in [3.05, 3.63) is 47.5 Å². The molecule has 1 aliphatic rings. The van der Waals surface area contributed by atoms with E-state index >= 15 is 0 Å². The first-order valence-corrected chi connectivity index (χ1v) is 5.14. The average molecular weight is 213 g/mol. The highest BCUT2D eigenvalue weighted by molar-refractivity contribution is 5.74. The van der Waals surface area contributed by atoms with Gasteiger partial charge in [0, 0.05) is 23.4 Å². The minimum Gasteiger partial charge on any atom is -0.508 e. The maximum atomic E-state index is 9.75. The molecular weight excluding hydrogens is 202 g/mol. The van der Waals surface area contributed by atoms with Crippen LogP contribution in [0.3, 0.4) is 0 Å². The molecule has 1 aliphatic heterocycles. The zero-order chi connectivity index (χ0) is 11.1. The third kappa shape index (κ3) is 1.29. The van der Waals surface area contributed by atoms with Crippen LogP contribution in [0, 0.1) is 0 Å². The lowest BCUT2D eigenvalue weighted by molar-refractivity contribution is 0.468. The fourth-order valence-corrected chi connectivity index (χ4v) is 2.06. The van der Waals surface area contributed by atoms with E-state index in [0.717, 1.165) is 22.5 Å². The van der Waals surface area contributed by atoms with Crippen molar-refractivity contribution >= 4 is 11.4 Å². The van der Waals surface area contributed by atoms with E-state index in [1.54, 1.807) is 18.2 Å². The number of hydrogen-bond donors (Lipinski definition) is 3. The molecule has 0 saturated carbocycles. The number of nitrogens with one attached hydrogen (secondary N) is 1. The Balaban J connectivity index is 2.13. The van der Waals surface area contributed by atoms with Gasteiger partial charge in [0.25, 0.3) is 0 Å². The van der Waals surface area contributed by atoms with Crippen LogP contribution in [-0.2, 0) is 6.42 Å². The van der Waals surface area contributed by atoms with E-state index in [9.17, 15) is 10.2 Å². The van der Waals surface area contributed by atoms with Crippen molar-refractivity contribution < 1.29 is 10.2 Å². The Morgan fingerprint density at radius 1 is 1.00 bits per heavy atom. The first-order chi connectivity index (χ1) is 7.74. The predicted molar refractivity (Wildman–Crippen MR) is 62.3 cm³/mol. The van der Waals surface area contributed by atoms with E-state index < -0.39 is 0 Å². The molecule has 0 saturated heterocycles. The molecule has 0 spiro atoms. The van der Waals surface area contributed by atoms with E-state index in [0.29, 0.717) is 12.2 Å². The molecule has 1 heterocycles. The van der Waals surface area contributed by atoms with E-state index in [-0.39, 0.29) is 5.75 Å². The summed E-state index contributed by atoms with van der Waals surface area (Å²) in [7, 11) is 0. The Hall–Kier alpha value is -2.16. The van der Waals surface area contributed by atoms with Crippen molar-refractivity contribution in [2.75, 3.05) is 5.32 Å². The van der Waals surface area contributed by atoms with Gasteiger partial charge >= 0.3 is 0 Å². The number of hydrogen-bond acceptors (Lipinski definition) is 3. The Bertz CT molecular complexity index is 564. The third-order valence-corrected chi connectivity index (χ3v) is 2.88. The number of aromatic hydroxyl groups is 2. The number of anilines is 2. The number of fused-ring (bicyclic) bond motifs is 2. The predicted octanol–water partition coefficient (Wildman–Crippen LogP) is 2.75. The maximum absolute atomic E-state index is 9.75. The summed E-state index contributed by atoms with van der Waals surface area (Å²) in [6.07, 6.45) is 0.638. The summed E-state index contributed by atoms with van der Waals surface area (Å²) < 4.78 is 0.